The Morgan fingerprint density at radius 2 is 1.92 bits per heavy atom. The summed E-state index contributed by atoms with van der Waals surface area (Å²) >= 11 is 1.11. The van der Waals surface area contributed by atoms with Crippen LogP contribution >= 0.6 is 11.8 Å². The molecular weight excluding hydrogens is 341 g/mol. The zero-order valence-corrected chi connectivity index (χ0v) is 14.3. The zero-order chi connectivity index (χ0) is 18.1. The number of ketones is 1. The number of hydrogen-bond donors (Lipinski definition) is 1. The molecule has 0 aliphatic carbocycles. The van der Waals surface area contributed by atoms with E-state index in [4.69, 9.17) is 5.73 Å². The predicted octanol–water partition coefficient (Wildman–Crippen LogP) is 3.32. The van der Waals surface area contributed by atoms with E-state index in [1.807, 2.05) is 0 Å². The van der Waals surface area contributed by atoms with Gasteiger partial charge in [0.1, 0.15) is 12.4 Å². The first kappa shape index (κ1) is 18.3. The van der Waals surface area contributed by atoms with Gasteiger partial charge in [-0.15, -0.1) is 0 Å². The molecule has 0 saturated carbocycles. The van der Waals surface area contributed by atoms with Crippen LogP contribution in [-0.2, 0) is 6.54 Å². The molecule has 0 amide bonds. The largest absolute Gasteiger partial charge is 0.406 e. The molecule has 0 aromatic carbocycles. The van der Waals surface area contributed by atoms with Gasteiger partial charge in [-0.05, 0) is 26.8 Å². The normalized spacial score (nSPS) is 11.8. The van der Waals surface area contributed by atoms with Crippen molar-refractivity contribution in [2.45, 2.75) is 38.6 Å². The van der Waals surface area contributed by atoms with Crippen LogP contribution < -0.4 is 5.73 Å². The van der Waals surface area contributed by atoms with E-state index in [1.165, 1.54) is 13.0 Å². The molecule has 0 aliphatic rings. The van der Waals surface area contributed by atoms with Gasteiger partial charge in [-0.1, -0.05) is 11.8 Å². The van der Waals surface area contributed by atoms with Gasteiger partial charge in [0.25, 0.3) is 0 Å². The maximum atomic E-state index is 12.6. The van der Waals surface area contributed by atoms with E-state index in [-0.39, 0.29) is 17.1 Å². The van der Waals surface area contributed by atoms with Gasteiger partial charge in [0, 0.05) is 28.7 Å². The smallest absolute Gasteiger partial charge is 0.384 e. The van der Waals surface area contributed by atoms with Gasteiger partial charge in [-0.2, -0.15) is 13.2 Å². The van der Waals surface area contributed by atoms with Gasteiger partial charge in [-0.3, -0.25) is 4.79 Å². The lowest BCUT2D eigenvalue weighted by atomic mass is 10.2. The Morgan fingerprint density at radius 1 is 1.25 bits per heavy atom. The van der Waals surface area contributed by atoms with Crippen LogP contribution in [0.1, 0.15) is 27.4 Å². The number of halogens is 3. The van der Waals surface area contributed by atoms with E-state index in [0.717, 1.165) is 16.3 Å². The summed E-state index contributed by atoms with van der Waals surface area (Å²) < 4.78 is 39.0. The first-order valence-corrected chi connectivity index (χ1v) is 8.06. The number of carbonyl (C=O) groups is 1. The van der Waals surface area contributed by atoms with E-state index in [2.05, 4.69) is 9.97 Å². The van der Waals surface area contributed by atoms with E-state index in [1.54, 1.807) is 19.9 Å². The second kappa shape index (κ2) is 6.84. The molecule has 0 spiro atoms. The number of aromatic nitrogens is 3. The van der Waals surface area contributed by atoms with Gasteiger partial charge in [0.05, 0.1) is 5.75 Å². The van der Waals surface area contributed by atoms with Crippen LogP contribution in [0.25, 0.3) is 0 Å². The number of nitrogens with zero attached hydrogens (tertiary/aromatic N) is 3. The number of carbonyl (C=O) groups excluding carboxylic acids is 1. The summed E-state index contributed by atoms with van der Waals surface area (Å²) in [5, 5.41) is 0.366. The third-order valence-electron chi connectivity index (χ3n) is 3.40. The fourth-order valence-corrected chi connectivity index (χ4v) is 3.14. The standard InChI is InChI=1S/C15H17F3N4OS/c1-8-4-13(19)21-14(20-8)24-6-12(23)11-5-9(2)22(10(11)3)7-15(16,17)18/h4-5H,6-7H2,1-3H3,(H2,19,20,21). The summed E-state index contributed by atoms with van der Waals surface area (Å²) in [7, 11) is 0. The molecule has 130 valence electrons. The highest BCUT2D eigenvalue weighted by atomic mass is 32.2. The number of nitrogens with two attached hydrogens (primary N) is 1. The molecule has 2 aromatic rings. The van der Waals surface area contributed by atoms with Crippen LogP contribution in [0.3, 0.4) is 0 Å². The fraction of sp³-hybridized carbons (Fsp3) is 0.400. The Kier molecular flexibility index (Phi) is 5.22. The number of rotatable bonds is 5. The molecule has 0 saturated heterocycles. The third-order valence-corrected chi connectivity index (χ3v) is 4.24. The minimum Gasteiger partial charge on any atom is -0.384 e. The Morgan fingerprint density at radius 3 is 2.50 bits per heavy atom. The minimum absolute atomic E-state index is 0.0270. The van der Waals surface area contributed by atoms with E-state index < -0.39 is 12.7 Å². The maximum Gasteiger partial charge on any atom is 0.406 e. The number of anilines is 1. The first-order valence-electron chi connectivity index (χ1n) is 7.07. The van der Waals surface area contributed by atoms with Crippen LogP contribution in [0.2, 0.25) is 0 Å². The molecule has 0 unspecified atom stereocenters. The molecule has 2 heterocycles. The highest BCUT2D eigenvalue weighted by Crippen LogP contribution is 2.25. The molecule has 0 fully saturated rings. The summed E-state index contributed by atoms with van der Waals surface area (Å²) in [5.41, 5.74) is 7.29. The van der Waals surface area contributed by atoms with Crippen molar-refractivity contribution in [3.63, 3.8) is 0 Å². The molecule has 0 radical (unpaired) electrons. The summed E-state index contributed by atoms with van der Waals surface area (Å²) in [6.45, 7) is 3.71. The number of hydrogen-bond acceptors (Lipinski definition) is 5. The van der Waals surface area contributed by atoms with Crippen molar-refractivity contribution in [2.75, 3.05) is 11.5 Å². The van der Waals surface area contributed by atoms with Gasteiger partial charge in [0.2, 0.25) is 0 Å². The maximum absolute atomic E-state index is 12.6. The second-order valence-electron chi connectivity index (χ2n) is 5.41. The van der Waals surface area contributed by atoms with E-state index in [9.17, 15) is 18.0 Å². The SMILES string of the molecule is Cc1cc(N)nc(SCC(=O)c2cc(C)n(CC(F)(F)F)c2C)n1. The van der Waals surface area contributed by atoms with Crippen molar-refractivity contribution >= 4 is 23.4 Å². The molecule has 2 rings (SSSR count). The van der Waals surface area contributed by atoms with Crippen LogP contribution in [0.15, 0.2) is 17.3 Å². The third kappa shape index (κ3) is 4.50. The fourth-order valence-electron chi connectivity index (χ4n) is 2.34. The van der Waals surface area contributed by atoms with Crippen molar-refractivity contribution in [3.8, 4) is 0 Å². The summed E-state index contributed by atoms with van der Waals surface area (Å²) in [5.74, 6) is 0.0603. The van der Waals surface area contributed by atoms with E-state index >= 15 is 0 Å². The molecule has 9 heteroatoms. The molecule has 2 aromatic heterocycles. The van der Waals surface area contributed by atoms with Gasteiger partial charge in [0.15, 0.2) is 10.9 Å². The lowest BCUT2D eigenvalue weighted by molar-refractivity contribution is -0.141. The average Bonchev–Trinajstić information content (AvgIpc) is 2.70. The van der Waals surface area contributed by atoms with Crippen LogP contribution in [-0.4, -0.2) is 32.2 Å². The zero-order valence-electron chi connectivity index (χ0n) is 13.4. The number of Topliss-reactive ketones (excluding diaryl/α,β-unsaturated/α-hetero) is 1. The summed E-state index contributed by atoms with van der Waals surface area (Å²) in [6, 6.07) is 3.09. The Bertz CT molecular complexity index is 751. The Hall–Kier alpha value is -2.03. The number of nitrogen functional groups attached to an aromatic ring is 1. The topological polar surface area (TPSA) is 73.8 Å². The Labute approximate surface area is 141 Å². The van der Waals surface area contributed by atoms with Crippen molar-refractivity contribution in [1.29, 1.82) is 0 Å². The minimum atomic E-state index is -4.34. The highest BCUT2D eigenvalue weighted by Gasteiger charge is 2.30. The lowest BCUT2D eigenvalue weighted by Gasteiger charge is -2.12. The quantitative estimate of drug-likeness (QED) is 0.504. The van der Waals surface area contributed by atoms with Crippen LogP contribution in [0.4, 0.5) is 19.0 Å². The molecule has 2 N–H and O–H groups in total. The number of thioether (sulfide) groups is 1. The molecule has 0 atom stereocenters. The molecular formula is C15H17F3N4OS. The summed E-state index contributed by atoms with van der Waals surface area (Å²) in [6.07, 6.45) is -4.34. The van der Waals surface area contributed by atoms with Gasteiger partial charge in [-0.25, -0.2) is 9.97 Å². The van der Waals surface area contributed by atoms with Crippen LogP contribution in [0.5, 0.6) is 0 Å². The van der Waals surface area contributed by atoms with Crippen molar-refractivity contribution < 1.29 is 18.0 Å². The molecule has 5 nitrogen and oxygen atoms in total. The number of aryl methyl sites for hydroxylation is 2. The molecule has 24 heavy (non-hydrogen) atoms. The first-order chi connectivity index (χ1) is 11.1. The van der Waals surface area contributed by atoms with Crippen molar-refractivity contribution in [1.82, 2.24) is 14.5 Å². The highest BCUT2D eigenvalue weighted by molar-refractivity contribution is 7.99. The lowest BCUT2D eigenvalue weighted by Crippen LogP contribution is -2.19. The summed E-state index contributed by atoms with van der Waals surface area (Å²) in [4.78, 5) is 20.5. The Balaban J connectivity index is 2.14. The van der Waals surface area contributed by atoms with Crippen molar-refractivity contribution in [2.24, 2.45) is 0 Å². The van der Waals surface area contributed by atoms with Crippen LogP contribution in [0, 0.1) is 20.8 Å². The monoisotopic (exact) mass is 358 g/mol. The van der Waals surface area contributed by atoms with Gasteiger partial charge >= 0.3 is 6.18 Å². The van der Waals surface area contributed by atoms with Crippen molar-refractivity contribution in [3.05, 3.63) is 34.8 Å². The van der Waals surface area contributed by atoms with Gasteiger partial charge < -0.3 is 10.3 Å². The average molecular weight is 358 g/mol. The second-order valence-corrected chi connectivity index (χ2v) is 6.36. The predicted molar refractivity (Wildman–Crippen MR) is 86.2 cm³/mol. The number of alkyl halides is 3. The molecule has 0 bridgehead atoms. The van der Waals surface area contributed by atoms with E-state index in [0.29, 0.717) is 28.1 Å². The molecule has 0 aliphatic heterocycles.